The number of halogens is 1. The quantitative estimate of drug-likeness (QED) is 0.524. The van der Waals surface area contributed by atoms with Crippen molar-refractivity contribution >= 4 is 22.6 Å². The summed E-state index contributed by atoms with van der Waals surface area (Å²) in [4.78, 5) is 0. The summed E-state index contributed by atoms with van der Waals surface area (Å²) in [6.07, 6.45) is 11.1. The van der Waals surface area contributed by atoms with Crippen LogP contribution in [0.25, 0.3) is 0 Å². The Balaban J connectivity index is 2.14. The molecule has 0 N–H and O–H groups in total. The highest BCUT2D eigenvalue weighted by Gasteiger charge is 2.43. The third-order valence-corrected chi connectivity index (χ3v) is 5.38. The zero-order chi connectivity index (χ0) is 12.2. The van der Waals surface area contributed by atoms with Crippen LogP contribution in [-0.4, -0.2) is 0 Å². The number of hydrogen-bond donors (Lipinski definition) is 0. The SMILES string of the molecule is CC1=CCC2C(=C1)C(C)(C)C1=C2CCC(I)=C1. The molecule has 1 atom stereocenters. The molecule has 17 heavy (non-hydrogen) atoms. The second-order valence-electron chi connectivity index (χ2n) is 5.99. The maximum atomic E-state index is 2.50. The van der Waals surface area contributed by atoms with Gasteiger partial charge in [0.05, 0.1) is 0 Å². The predicted octanol–water partition coefficient (Wildman–Crippen LogP) is 5.33. The second-order valence-corrected chi connectivity index (χ2v) is 7.38. The average Bonchev–Trinajstić information content (AvgIpc) is 2.49. The molecule has 3 rings (SSSR count). The van der Waals surface area contributed by atoms with Crippen LogP contribution in [0.3, 0.4) is 0 Å². The van der Waals surface area contributed by atoms with Crippen molar-refractivity contribution in [1.29, 1.82) is 0 Å². The van der Waals surface area contributed by atoms with E-state index in [0.717, 1.165) is 0 Å². The summed E-state index contributed by atoms with van der Waals surface area (Å²) < 4.78 is 1.53. The molecule has 0 radical (unpaired) electrons. The van der Waals surface area contributed by atoms with Crippen LogP contribution in [0.4, 0.5) is 0 Å². The number of allylic oxidation sites excluding steroid dienone is 8. The van der Waals surface area contributed by atoms with E-state index < -0.39 is 0 Å². The molecule has 0 saturated heterocycles. The van der Waals surface area contributed by atoms with Crippen LogP contribution in [0, 0.1) is 11.3 Å². The Morgan fingerprint density at radius 3 is 2.76 bits per heavy atom. The molecule has 1 heteroatoms. The van der Waals surface area contributed by atoms with Gasteiger partial charge in [0, 0.05) is 11.3 Å². The Morgan fingerprint density at radius 2 is 2.00 bits per heavy atom. The first-order chi connectivity index (χ1) is 8.00. The Labute approximate surface area is 118 Å². The Morgan fingerprint density at radius 1 is 1.24 bits per heavy atom. The van der Waals surface area contributed by atoms with Crippen LogP contribution in [-0.2, 0) is 0 Å². The van der Waals surface area contributed by atoms with Crippen LogP contribution in [0.5, 0.6) is 0 Å². The first-order valence-electron chi connectivity index (χ1n) is 6.48. The average molecular weight is 338 g/mol. The zero-order valence-electron chi connectivity index (χ0n) is 10.8. The normalized spacial score (nSPS) is 30.4. The minimum absolute atomic E-state index is 0.256. The van der Waals surface area contributed by atoms with Gasteiger partial charge in [-0.15, -0.1) is 0 Å². The minimum atomic E-state index is 0.256. The molecule has 0 aromatic carbocycles. The molecule has 1 unspecified atom stereocenters. The van der Waals surface area contributed by atoms with E-state index in [9.17, 15) is 0 Å². The highest BCUT2D eigenvalue weighted by Crippen LogP contribution is 2.56. The molecule has 0 aliphatic heterocycles. The van der Waals surface area contributed by atoms with Crippen LogP contribution >= 0.6 is 22.6 Å². The van der Waals surface area contributed by atoms with Crippen molar-refractivity contribution in [1.82, 2.24) is 0 Å². The number of hydrogen-bond acceptors (Lipinski definition) is 0. The van der Waals surface area contributed by atoms with Crippen LogP contribution in [0.15, 0.2) is 44.1 Å². The third kappa shape index (κ3) is 1.69. The van der Waals surface area contributed by atoms with Gasteiger partial charge in [0.1, 0.15) is 0 Å². The Kier molecular flexibility index (Phi) is 2.66. The van der Waals surface area contributed by atoms with E-state index in [-0.39, 0.29) is 5.41 Å². The fraction of sp³-hybridized carbons (Fsp3) is 0.500. The van der Waals surface area contributed by atoms with Crippen LogP contribution in [0.2, 0.25) is 0 Å². The molecule has 90 valence electrons. The van der Waals surface area contributed by atoms with Gasteiger partial charge in [0.2, 0.25) is 0 Å². The summed E-state index contributed by atoms with van der Waals surface area (Å²) in [6.45, 7) is 7.03. The van der Waals surface area contributed by atoms with E-state index in [0.29, 0.717) is 5.92 Å². The molecule has 0 aromatic rings. The van der Waals surface area contributed by atoms with Crippen LogP contribution < -0.4 is 0 Å². The van der Waals surface area contributed by atoms with Gasteiger partial charge in [-0.2, -0.15) is 0 Å². The lowest BCUT2D eigenvalue weighted by Crippen LogP contribution is -2.16. The molecule has 3 aliphatic carbocycles. The maximum absolute atomic E-state index is 2.50. The molecule has 3 aliphatic rings. The maximum Gasteiger partial charge on any atom is 0.0114 e. The van der Waals surface area contributed by atoms with Crippen LogP contribution in [0.1, 0.15) is 40.0 Å². The van der Waals surface area contributed by atoms with Crippen molar-refractivity contribution in [2.75, 3.05) is 0 Å². The van der Waals surface area contributed by atoms with Crippen molar-refractivity contribution in [3.05, 3.63) is 44.1 Å². The second kappa shape index (κ2) is 3.84. The van der Waals surface area contributed by atoms with E-state index in [4.69, 9.17) is 0 Å². The molecule has 0 amide bonds. The molecule has 0 spiro atoms. The van der Waals surface area contributed by atoms with Gasteiger partial charge in [0.15, 0.2) is 0 Å². The largest absolute Gasteiger partial charge is 0.0807 e. The standard InChI is InChI=1S/C16H19I/c1-10-4-6-12-13-7-5-11(17)9-15(13)16(2,3)14(12)8-10/h4,8-9,12H,5-7H2,1-3H3. The molecule has 0 nitrogen and oxygen atoms in total. The van der Waals surface area contributed by atoms with E-state index in [1.165, 1.54) is 28.4 Å². The fourth-order valence-corrected chi connectivity index (χ4v) is 4.17. The summed E-state index contributed by atoms with van der Waals surface area (Å²) in [5.74, 6) is 0.712. The van der Waals surface area contributed by atoms with Gasteiger partial charge in [-0.1, -0.05) is 42.7 Å². The highest BCUT2D eigenvalue weighted by molar-refractivity contribution is 14.1. The summed E-state index contributed by atoms with van der Waals surface area (Å²) in [5.41, 5.74) is 6.71. The summed E-state index contributed by atoms with van der Waals surface area (Å²) >= 11 is 2.50. The topological polar surface area (TPSA) is 0 Å². The van der Waals surface area contributed by atoms with Gasteiger partial charge >= 0.3 is 0 Å². The lowest BCUT2D eigenvalue weighted by molar-refractivity contribution is 0.526. The van der Waals surface area contributed by atoms with Crippen molar-refractivity contribution in [2.24, 2.45) is 11.3 Å². The van der Waals surface area contributed by atoms with Crippen molar-refractivity contribution in [2.45, 2.75) is 40.0 Å². The fourth-order valence-electron chi connectivity index (χ4n) is 3.59. The molecular formula is C16H19I. The Hall–Kier alpha value is -0.310. The van der Waals surface area contributed by atoms with E-state index >= 15 is 0 Å². The smallest absolute Gasteiger partial charge is 0.0114 e. The molecule has 0 heterocycles. The van der Waals surface area contributed by atoms with Gasteiger partial charge in [-0.25, -0.2) is 0 Å². The molecule has 0 aromatic heterocycles. The van der Waals surface area contributed by atoms with E-state index in [2.05, 4.69) is 61.6 Å². The number of fused-ring (bicyclic) bond motifs is 2. The lowest BCUT2D eigenvalue weighted by Gasteiger charge is -2.28. The van der Waals surface area contributed by atoms with Gasteiger partial charge in [-0.05, 0) is 64.0 Å². The molecule has 0 bridgehead atoms. The van der Waals surface area contributed by atoms with Crippen molar-refractivity contribution < 1.29 is 0 Å². The van der Waals surface area contributed by atoms with Crippen molar-refractivity contribution in [3.8, 4) is 0 Å². The summed E-state index contributed by atoms with van der Waals surface area (Å²) in [5, 5.41) is 0. The van der Waals surface area contributed by atoms with Gasteiger partial charge in [-0.3, -0.25) is 0 Å². The molecule has 0 saturated carbocycles. The highest BCUT2D eigenvalue weighted by atomic mass is 127. The minimum Gasteiger partial charge on any atom is -0.0807 e. The van der Waals surface area contributed by atoms with Crippen molar-refractivity contribution in [3.63, 3.8) is 0 Å². The molecule has 0 fully saturated rings. The monoisotopic (exact) mass is 338 g/mol. The third-order valence-electron chi connectivity index (χ3n) is 4.53. The summed E-state index contributed by atoms with van der Waals surface area (Å²) in [7, 11) is 0. The number of rotatable bonds is 0. The van der Waals surface area contributed by atoms with Gasteiger partial charge < -0.3 is 0 Å². The predicted molar refractivity (Wildman–Crippen MR) is 82.1 cm³/mol. The zero-order valence-corrected chi connectivity index (χ0v) is 13.0. The lowest BCUT2D eigenvalue weighted by atomic mass is 9.76. The first-order valence-corrected chi connectivity index (χ1v) is 7.56. The van der Waals surface area contributed by atoms with E-state index in [1.54, 1.807) is 16.7 Å². The summed E-state index contributed by atoms with van der Waals surface area (Å²) in [6, 6.07) is 0. The van der Waals surface area contributed by atoms with Gasteiger partial charge in [0.25, 0.3) is 0 Å². The first kappa shape index (κ1) is 11.8. The van der Waals surface area contributed by atoms with E-state index in [1.807, 2.05) is 0 Å². The molecular weight excluding hydrogens is 319 g/mol. The Bertz CT molecular complexity index is 498.